The molecule has 0 saturated heterocycles. The third kappa shape index (κ3) is 2.73. The number of halogens is 1. The third-order valence-corrected chi connectivity index (χ3v) is 4.15. The lowest BCUT2D eigenvalue weighted by Crippen LogP contribution is -2.13. The maximum atomic E-state index is 12.0. The van der Waals surface area contributed by atoms with E-state index < -0.39 is 14.9 Å². The molecule has 0 unspecified atom stereocenters. The number of nitrogens with one attached hydrogen (secondary N) is 2. The number of nitro benzene ring substituents is 1. The van der Waals surface area contributed by atoms with Crippen LogP contribution in [0.4, 0.5) is 11.4 Å². The van der Waals surface area contributed by atoms with Gasteiger partial charge in [0.2, 0.25) is 0 Å². The third-order valence-electron chi connectivity index (χ3n) is 2.52. The Morgan fingerprint density at radius 3 is 2.70 bits per heavy atom. The van der Waals surface area contributed by atoms with Crippen molar-refractivity contribution in [1.29, 1.82) is 0 Å². The Hall–Kier alpha value is -2.13. The number of hydrogen-bond donors (Lipinski definition) is 2. The number of benzene rings is 1. The molecule has 10 heteroatoms. The number of sulfonamides is 1. The molecule has 1 aromatic heterocycles. The number of rotatable bonds is 4. The van der Waals surface area contributed by atoms with Gasteiger partial charge in [-0.15, -0.1) is 0 Å². The highest BCUT2D eigenvalue weighted by molar-refractivity contribution is 7.92. The van der Waals surface area contributed by atoms with Crippen LogP contribution in [0.3, 0.4) is 0 Å². The van der Waals surface area contributed by atoms with Gasteiger partial charge in [-0.2, -0.15) is 5.10 Å². The zero-order valence-electron chi connectivity index (χ0n) is 10.1. The molecule has 2 N–H and O–H groups in total. The molecule has 2 rings (SSSR count). The smallest absolute Gasteiger partial charge is 0.284 e. The Bertz CT molecular complexity index is 758. The van der Waals surface area contributed by atoms with Crippen molar-refractivity contribution in [2.75, 3.05) is 4.72 Å². The van der Waals surface area contributed by atoms with Gasteiger partial charge in [-0.3, -0.25) is 19.9 Å². The van der Waals surface area contributed by atoms with Gasteiger partial charge >= 0.3 is 0 Å². The van der Waals surface area contributed by atoms with Crippen molar-refractivity contribution in [2.24, 2.45) is 0 Å². The van der Waals surface area contributed by atoms with Gasteiger partial charge < -0.3 is 0 Å². The lowest BCUT2D eigenvalue weighted by atomic mass is 10.2. The van der Waals surface area contributed by atoms with E-state index in [4.69, 9.17) is 11.6 Å². The van der Waals surface area contributed by atoms with Gasteiger partial charge in [0.25, 0.3) is 15.7 Å². The Morgan fingerprint density at radius 2 is 2.15 bits per heavy atom. The first-order valence-corrected chi connectivity index (χ1v) is 7.13. The van der Waals surface area contributed by atoms with E-state index in [1.165, 1.54) is 25.3 Å². The van der Waals surface area contributed by atoms with Crippen molar-refractivity contribution in [3.8, 4) is 0 Å². The number of aryl methyl sites for hydroxylation is 1. The molecule has 0 aliphatic rings. The number of aromatic amines is 1. The summed E-state index contributed by atoms with van der Waals surface area (Å²) in [6, 6.07) is 2.40. The zero-order chi connectivity index (χ0) is 14.9. The number of hydrogen-bond acceptors (Lipinski definition) is 5. The molecule has 1 heterocycles. The first-order chi connectivity index (χ1) is 9.31. The molecule has 2 aromatic rings. The average Bonchev–Trinajstić information content (AvgIpc) is 2.87. The highest BCUT2D eigenvalue weighted by Crippen LogP contribution is 2.31. The van der Waals surface area contributed by atoms with E-state index >= 15 is 0 Å². The molecular weight excluding hydrogens is 308 g/mol. The van der Waals surface area contributed by atoms with E-state index in [0.717, 1.165) is 6.20 Å². The fourth-order valence-corrected chi connectivity index (χ4v) is 2.77. The summed E-state index contributed by atoms with van der Waals surface area (Å²) in [5.74, 6) is 0. The highest BCUT2D eigenvalue weighted by Gasteiger charge is 2.20. The minimum atomic E-state index is -3.81. The van der Waals surface area contributed by atoms with E-state index in [2.05, 4.69) is 14.9 Å². The van der Waals surface area contributed by atoms with Crippen LogP contribution in [0.15, 0.2) is 29.4 Å². The number of aromatic nitrogens is 2. The summed E-state index contributed by atoms with van der Waals surface area (Å²) >= 11 is 5.76. The normalized spacial score (nSPS) is 11.3. The molecule has 8 nitrogen and oxygen atoms in total. The molecule has 106 valence electrons. The predicted octanol–water partition coefficient (Wildman–Crippen LogP) is 2.08. The van der Waals surface area contributed by atoms with Crippen molar-refractivity contribution in [1.82, 2.24) is 10.2 Å². The fourth-order valence-electron chi connectivity index (χ4n) is 1.51. The second kappa shape index (κ2) is 5.10. The molecule has 0 amide bonds. The second-order valence-corrected chi connectivity index (χ2v) is 6.00. The maximum Gasteiger partial charge on any atom is 0.288 e. The maximum absolute atomic E-state index is 12.0. The molecule has 0 bridgehead atoms. The van der Waals surface area contributed by atoms with Crippen LogP contribution in [-0.4, -0.2) is 23.5 Å². The number of anilines is 1. The van der Waals surface area contributed by atoms with Crippen LogP contribution in [0.2, 0.25) is 5.02 Å². The molecule has 0 aliphatic heterocycles. The van der Waals surface area contributed by atoms with Gasteiger partial charge in [0.05, 0.1) is 16.8 Å². The van der Waals surface area contributed by atoms with Gasteiger partial charge in [0.1, 0.15) is 9.92 Å². The summed E-state index contributed by atoms with van der Waals surface area (Å²) in [5.41, 5.74) is 0.269. The summed E-state index contributed by atoms with van der Waals surface area (Å²) in [4.78, 5) is 10.0. The van der Waals surface area contributed by atoms with Crippen molar-refractivity contribution in [3.05, 3.63) is 45.2 Å². The molecule has 1 aromatic carbocycles. The minimum Gasteiger partial charge on any atom is -0.284 e. The largest absolute Gasteiger partial charge is 0.288 e. The summed E-state index contributed by atoms with van der Waals surface area (Å²) < 4.78 is 26.3. The topological polar surface area (TPSA) is 118 Å². The van der Waals surface area contributed by atoms with Crippen molar-refractivity contribution in [3.63, 3.8) is 0 Å². The standard InChI is InChI=1S/C10H9ClN4O4S/c1-6-2-10(15(16)17)8(11)3-9(6)14-20(18,19)7-4-12-13-5-7/h2-5,14H,1H3,(H,12,13). The Labute approximate surface area is 119 Å². The van der Waals surface area contributed by atoms with Crippen LogP contribution in [-0.2, 0) is 10.0 Å². The van der Waals surface area contributed by atoms with Crippen LogP contribution in [0.25, 0.3) is 0 Å². The number of nitrogens with zero attached hydrogens (tertiary/aromatic N) is 2. The molecular formula is C10H9ClN4O4S. The van der Waals surface area contributed by atoms with Gasteiger partial charge in [-0.05, 0) is 18.6 Å². The lowest BCUT2D eigenvalue weighted by Gasteiger charge is -2.09. The summed E-state index contributed by atoms with van der Waals surface area (Å²) in [7, 11) is -3.81. The monoisotopic (exact) mass is 316 g/mol. The fraction of sp³-hybridized carbons (Fsp3) is 0.100. The molecule has 0 fully saturated rings. The molecule has 0 aliphatic carbocycles. The van der Waals surface area contributed by atoms with E-state index in [0.29, 0.717) is 5.56 Å². The average molecular weight is 317 g/mol. The van der Waals surface area contributed by atoms with Crippen LogP contribution in [0.1, 0.15) is 5.56 Å². The lowest BCUT2D eigenvalue weighted by molar-refractivity contribution is -0.384. The van der Waals surface area contributed by atoms with Gasteiger partial charge in [-0.25, -0.2) is 8.42 Å². The number of nitro groups is 1. The van der Waals surface area contributed by atoms with Crippen molar-refractivity contribution < 1.29 is 13.3 Å². The molecule has 0 radical (unpaired) electrons. The van der Waals surface area contributed by atoms with E-state index in [9.17, 15) is 18.5 Å². The SMILES string of the molecule is Cc1cc([N+](=O)[O-])c(Cl)cc1NS(=O)(=O)c1cn[nH]c1. The van der Waals surface area contributed by atoms with Crippen LogP contribution < -0.4 is 4.72 Å². The molecule has 20 heavy (non-hydrogen) atoms. The van der Waals surface area contributed by atoms with Crippen LogP contribution in [0.5, 0.6) is 0 Å². The Kier molecular flexibility index (Phi) is 3.64. The van der Waals surface area contributed by atoms with Gasteiger partial charge in [0, 0.05) is 12.3 Å². The summed E-state index contributed by atoms with van der Waals surface area (Å²) in [6.07, 6.45) is 2.36. The molecule has 0 atom stereocenters. The Morgan fingerprint density at radius 1 is 1.45 bits per heavy atom. The summed E-state index contributed by atoms with van der Waals surface area (Å²) in [5, 5.41) is 16.5. The quantitative estimate of drug-likeness (QED) is 0.661. The summed E-state index contributed by atoms with van der Waals surface area (Å²) in [6.45, 7) is 1.54. The minimum absolute atomic E-state index is 0.0497. The molecule has 0 saturated carbocycles. The van der Waals surface area contributed by atoms with Crippen molar-refractivity contribution in [2.45, 2.75) is 11.8 Å². The van der Waals surface area contributed by atoms with E-state index in [1.54, 1.807) is 0 Å². The van der Waals surface area contributed by atoms with Crippen LogP contribution >= 0.6 is 11.6 Å². The molecule has 0 spiro atoms. The van der Waals surface area contributed by atoms with Crippen molar-refractivity contribution >= 4 is 33.0 Å². The first-order valence-electron chi connectivity index (χ1n) is 5.27. The van der Waals surface area contributed by atoms with Gasteiger partial charge in [0.15, 0.2) is 0 Å². The predicted molar refractivity (Wildman–Crippen MR) is 72.2 cm³/mol. The van der Waals surface area contributed by atoms with Gasteiger partial charge in [-0.1, -0.05) is 11.6 Å². The van der Waals surface area contributed by atoms with E-state index in [-0.39, 0.29) is 21.3 Å². The van der Waals surface area contributed by atoms with E-state index in [1.807, 2.05) is 0 Å². The Balaban J connectivity index is 2.41. The zero-order valence-corrected chi connectivity index (χ0v) is 11.7. The number of H-pyrrole nitrogens is 1. The first kappa shape index (κ1) is 14.3. The highest BCUT2D eigenvalue weighted by atomic mass is 35.5. The second-order valence-electron chi connectivity index (χ2n) is 3.92. The van der Waals surface area contributed by atoms with Crippen LogP contribution in [0, 0.1) is 17.0 Å².